The molecule has 1 amide bonds. The minimum absolute atomic E-state index is 0.170. The molecule has 0 aromatic heterocycles. The van der Waals surface area contributed by atoms with E-state index in [1.807, 2.05) is 24.3 Å². The van der Waals surface area contributed by atoms with Crippen LogP contribution in [0.15, 0.2) is 48.5 Å². The quantitative estimate of drug-likeness (QED) is 0.749. The summed E-state index contributed by atoms with van der Waals surface area (Å²) in [7, 11) is 0. The topological polar surface area (TPSA) is 76.4 Å². The molecule has 0 radical (unpaired) electrons. The molecule has 2 atom stereocenters. The van der Waals surface area contributed by atoms with Crippen molar-refractivity contribution >= 4 is 17.3 Å². The van der Waals surface area contributed by atoms with Crippen LogP contribution in [-0.4, -0.2) is 24.1 Å². The molecule has 2 unspecified atom stereocenters. The summed E-state index contributed by atoms with van der Waals surface area (Å²) in [5.74, 6) is 0.595. The predicted octanol–water partition coefficient (Wildman–Crippen LogP) is 3.18. The summed E-state index contributed by atoms with van der Waals surface area (Å²) in [6.45, 7) is 0. The van der Waals surface area contributed by atoms with Crippen molar-refractivity contribution in [1.29, 1.82) is 0 Å². The van der Waals surface area contributed by atoms with E-state index in [1.165, 1.54) is 12.8 Å². The number of ether oxygens (including phenoxy) is 1. The number of piperidine rings is 1. The third-order valence-electron chi connectivity index (χ3n) is 5.04. The Balaban J connectivity index is 1.41. The molecule has 25 heavy (non-hydrogen) atoms. The van der Waals surface area contributed by atoms with Crippen LogP contribution in [0.4, 0.5) is 11.4 Å². The zero-order valence-corrected chi connectivity index (χ0v) is 14.1. The number of carbonyl (C=O) groups is 1. The minimum atomic E-state index is -0.170. The van der Waals surface area contributed by atoms with Gasteiger partial charge in [0.15, 0.2) is 0 Å². The van der Waals surface area contributed by atoms with E-state index in [4.69, 9.17) is 10.5 Å². The van der Waals surface area contributed by atoms with E-state index in [9.17, 15) is 4.79 Å². The van der Waals surface area contributed by atoms with Gasteiger partial charge in [0, 0.05) is 23.7 Å². The van der Waals surface area contributed by atoms with E-state index in [0.717, 1.165) is 18.6 Å². The van der Waals surface area contributed by atoms with Crippen molar-refractivity contribution in [3.8, 4) is 5.75 Å². The fraction of sp³-hybridized carbons (Fsp3) is 0.350. The number of carbonyl (C=O) groups excluding carboxylic acids is 1. The largest absolute Gasteiger partial charge is 0.490 e. The normalized spacial score (nSPS) is 24.7. The van der Waals surface area contributed by atoms with Gasteiger partial charge in [-0.25, -0.2) is 0 Å². The molecular formula is C20H23N3O2. The van der Waals surface area contributed by atoms with Crippen LogP contribution in [0.2, 0.25) is 0 Å². The van der Waals surface area contributed by atoms with Crippen LogP contribution in [-0.2, 0) is 0 Å². The van der Waals surface area contributed by atoms with E-state index in [2.05, 4.69) is 10.6 Å². The first-order valence-electron chi connectivity index (χ1n) is 8.86. The van der Waals surface area contributed by atoms with E-state index >= 15 is 0 Å². The Morgan fingerprint density at radius 3 is 2.48 bits per heavy atom. The average molecular weight is 337 g/mol. The average Bonchev–Trinajstić information content (AvgIpc) is 2.96. The molecule has 0 aliphatic carbocycles. The fourth-order valence-electron chi connectivity index (χ4n) is 3.81. The zero-order chi connectivity index (χ0) is 17.2. The lowest BCUT2D eigenvalue weighted by molar-refractivity contribution is 0.102. The first-order valence-corrected chi connectivity index (χ1v) is 8.86. The summed E-state index contributed by atoms with van der Waals surface area (Å²) in [5.41, 5.74) is 7.83. The molecule has 4 rings (SSSR count). The Hall–Kier alpha value is -2.53. The van der Waals surface area contributed by atoms with Crippen molar-refractivity contribution in [2.45, 2.75) is 43.9 Å². The fourth-order valence-corrected chi connectivity index (χ4v) is 3.81. The second-order valence-corrected chi connectivity index (χ2v) is 6.92. The van der Waals surface area contributed by atoms with Crippen molar-refractivity contribution < 1.29 is 9.53 Å². The third kappa shape index (κ3) is 3.61. The maximum absolute atomic E-state index is 12.2. The number of hydrogen-bond donors (Lipinski definition) is 3. The molecule has 5 heteroatoms. The maximum atomic E-state index is 12.2. The smallest absolute Gasteiger partial charge is 0.255 e. The summed E-state index contributed by atoms with van der Waals surface area (Å²) in [5, 5.41) is 6.46. The highest BCUT2D eigenvalue weighted by Crippen LogP contribution is 2.31. The number of nitrogens with two attached hydrogens (primary N) is 1. The molecule has 2 aliphatic heterocycles. The van der Waals surface area contributed by atoms with Gasteiger partial charge in [-0.2, -0.15) is 0 Å². The molecule has 2 saturated heterocycles. The van der Waals surface area contributed by atoms with Gasteiger partial charge in [-0.05, 0) is 49.9 Å². The van der Waals surface area contributed by atoms with Crippen molar-refractivity contribution in [1.82, 2.24) is 5.32 Å². The Labute approximate surface area is 147 Å². The number of fused-ring (bicyclic) bond motifs is 2. The number of nitrogens with one attached hydrogen (secondary N) is 2. The monoisotopic (exact) mass is 337 g/mol. The Morgan fingerprint density at radius 1 is 1.08 bits per heavy atom. The SMILES string of the molecule is Nc1cc(OC2CC3CCC(C2)N3)ccc1NC(=O)c1ccccc1. The van der Waals surface area contributed by atoms with Crippen LogP contribution in [0.25, 0.3) is 0 Å². The number of rotatable bonds is 4. The lowest BCUT2D eigenvalue weighted by Gasteiger charge is -2.29. The molecular weight excluding hydrogens is 314 g/mol. The van der Waals surface area contributed by atoms with Gasteiger partial charge in [0.2, 0.25) is 0 Å². The highest BCUT2D eigenvalue weighted by molar-refractivity contribution is 6.05. The summed E-state index contributed by atoms with van der Waals surface area (Å²) < 4.78 is 6.13. The van der Waals surface area contributed by atoms with Gasteiger partial charge in [0.05, 0.1) is 11.4 Å². The van der Waals surface area contributed by atoms with Crippen molar-refractivity contribution in [3.63, 3.8) is 0 Å². The Morgan fingerprint density at radius 2 is 1.80 bits per heavy atom. The molecule has 0 saturated carbocycles. The van der Waals surface area contributed by atoms with Crippen molar-refractivity contribution in [3.05, 3.63) is 54.1 Å². The van der Waals surface area contributed by atoms with Gasteiger partial charge in [-0.3, -0.25) is 4.79 Å². The van der Waals surface area contributed by atoms with Gasteiger partial charge in [-0.15, -0.1) is 0 Å². The number of benzene rings is 2. The highest BCUT2D eigenvalue weighted by Gasteiger charge is 2.34. The molecule has 2 aromatic rings. The summed E-state index contributed by atoms with van der Waals surface area (Å²) in [6, 6.07) is 15.7. The van der Waals surface area contributed by atoms with E-state index in [1.54, 1.807) is 24.3 Å². The molecule has 2 bridgehead atoms. The summed E-state index contributed by atoms with van der Waals surface area (Å²) >= 11 is 0. The standard InChI is InChI=1S/C20H23N3O2/c21-18-12-16(25-17-10-14-6-7-15(11-17)22-14)8-9-19(18)23-20(24)13-4-2-1-3-5-13/h1-5,8-9,12,14-15,17,22H,6-7,10-11,21H2,(H,23,24). The number of amides is 1. The van der Waals surface area contributed by atoms with Gasteiger partial charge < -0.3 is 21.1 Å². The van der Waals surface area contributed by atoms with Crippen LogP contribution in [0.5, 0.6) is 5.75 Å². The number of hydrogen-bond acceptors (Lipinski definition) is 4. The summed E-state index contributed by atoms with van der Waals surface area (Å²) in [6.07, 6.45) is 4.82. The second kappa shape index (κ2) is 6.76. The molecule has 2 aromatic carbocycles. The van der Waals surface area contributed by atoms with E-state index < -0.39 is 0 Å². The lowest BCUT2D eigenvalue weighted by atomic mass is 10.0. The lowest BCUT2D eigenvalue weighted by Crippen LogP contribution is -2.42. The molecule has 2 heterocycles. The van der Waals surface area contributed by atoms with Gasteiger partial charge >= 0.3 is 0 Å². The summed E-state index contributed by atoms with van der Waals surface area (Å²) in [4.78, 5) is 12.2. The van der Waals surface area contributed by atoms with Crippen LogP contribution in [0.1, 0.15) is 36.0 Å². The molecule has 2 fully saturated rings. The number of nitrogen functional groups attached to an aromatic ring is 1. The van der Waals surface area contributed by atoms with Gasteiger partial charge in [-0.1, -0.05) is 18.2 Å². The van der Waals surface area contributed by atoms with Crippen LogP contribution in [0.3, 0.4) is 0 Å². The maximum Gasteiger partial charge on any atom is 0.255 e. The van der Waals surface area contributed by atoms with Crippen molar-refractivity contribution in [2.75, 3.05) is 11.1 Å². The molecule has 0 spiro atoms. The van der Waals surface area contributed by atoms with Crippen molar-refractivity contribution in [2.24, 2.45) is 0 Å². The first-order chi connectivity index (χ1) is 12.2. The van der Waals surface area contributed by atoms with E-state index in [-0.39, 0.29) is 12.0 Å². The zero-order valence-electron chi connectivity index (χ0n) is 14.1. The van der Waals surface area contributed by atoms with E-state index in [0.29, 0.717) is 29.0 Å². The third-order valence-corrected chi connectivity index (χ3v) is 5.04. The molecule has 2 aliphatic rings. The Bertz CT molecular complexity index is 751. The predicted molar refractivity (Wildman–Crippen MR) is 98.8 cm³/mol. The molecule has 130 valence electrons. The van der Waals surface area contributed by atoms with Crippen LogP contribution < -0.4 is 21.1 Å². The minimum Gasteiger partial charge on any atom is -0.490 e. The van der Waals surface area contributed by atoms with Gasteiger partial charge in [0.25, 0.3) is 5.91 Å². The second-order valence-electron chi connectivity index (χ2n) is 6.92. The highest BCUT2D eigenvalue weighted by atomic mass is 16.5. The molecule has 4 N–H and O–H groups in total. The first kappa shape index (κ1) is 16.0. The van der Waals surface area contributed by atoms with Gasteiger partial charge in [0.1, 0.15) is 11.9 Å². The van der Waals surface area contributed by atoms with Crippen LogP contribution >= 0.6 is 0 Å². The van der Waals surface area contributed by atoms with Crippen LogP contribution in [0, 0.1) is 0 Å². The number of anilines is 2. The Kier molecular flexibility index (Phi) is 4.32. The molecule has 5 nitrogen and oxygen atoms in total.